The molecular formula is C5H6F3. The first-order valence-electron chi connectivity index (χ1n) is 2.52. The molecule has 47 valence electrons. The van der Waals surface area contributed by atoms with Crippen molar-refractivity contribution in [3.8, 4) is 0 Å². The molecule has 1 aliphatic rings. The fraction of sp³-hybridized carbons (Fsp3) is 0.800. The van der Waals surface area contributed by atoms with Crippen molar-refractivity contribution in [1.82, 2.24) is 0 Å². The molecule has 1 aliphatic carbocycles. The molecule has 0 aliphatic heterocycles. The zero-order valence-electron chi connectivity index (χ0n) is 4.26. The SMILES string of the molecule is FC(F)(F)[C]1CCC1. The van der Waals surface area contributed by atoms with Gasteiger partial charge in [-0.2, -0.15) is 13.2 Å². The highest BCUT2D eigenvalue weighted by Crippen LogP contribution is 2.42. The van der Waals surface area contributed by atoms with E-state index in [9.17, 15) is 13.2 Å². The molecule has 1 fully saturated rings. The molecule has 0 nitrogen and oxygen atoms in total. The minimum absolute atomic E-state index is 0.238. The van der Waals surface area contributed by atoms with Gasteiger partial charge >= 0.3 is 6.18 Å². The minimum atomic E-state index is -3.99. The zero-order chi connectivity index (χ0) is 6.20. The zero-order valence-corrected chi connectivity index (χ0v) is 4.26. The smallest absolute Gasteiger partial charge is 0.170 e. The summed E-state index contributed by atoms with van der Waals surface area (Å²) in [6.07, 6.45) is -2.74. The molecule has 1 radical (unpaired) electrons. The lowest BCUT2D eigenvalue weighted by atomic mass is 9.85. The van der Waals surface area contributed by atoms with E-state index < -0.39 is 6.18 Å². The quantitative estimate of drug-likeness (QED) is 0.463. The van der Waals surface area contributed by atoms with E-state index in [2.05, 4.69) is 0 Å². The van der Waals surface area contributed by atoms with Gasteiger partial charge in [-0.05, 0) is 12.8 Å². The summed E-state index contributed by atoms with van der Waals surface area (Å²) in [4.78, 5) is 0. The number of rotatable bonds is 0. The Morgan fingerprint density at radius 1 is 1.12 bits per heavy atom. The van der Waals surface area contributed by atoms with Crippen molar-refractivity contribution >= 4 is 0 Å². The van der Waals surface area contributed by atoms with E-state index in [1.54, 1.807) is 0 Å². The molecule has 0 unspecified atom stereocenters. The van der Waals surface area contributed by atoms with E-state index in [1.807, 2.05) is 0 Å². The maximum atomic E-state index is 11.5. The Balaban J connectivity index is 2.34. The van der Waals surface area contributed by atoms with Crippen LogP contribution in [0, 0.1) is 5.92 Å². The first kappa shape index (κ1) is 5.92. The van der Waals surface area contributed by atoms with E-state index in [4.69, 9.17) is 0 Å². The number of hydrogen-bond acceptors (Lipinski definition) is 0. The van der Waals surface area contributed by atoms with E-state index >= 15 is 0 Å². The molecule has 1 rings (SSSR count). The normalized spacial score (nSPS) is 22.9. The predicted octanol–water partition coefficient (Wildman–Crippen LogP) is 2.31. The van der Waals surface area contributed by atoms with Crippen LogP contribution in [0.25, 0.3) is 0 Å². The largest absolute Gasteiger partial charge is 0.395 e. The maximum absolute atomic E-state index is 11.5. The van der Waals surface area contributed by atoms with Crippen molar-refractivity contribution in [3.05, 3.63) is 5.92 Å². The van der Waals surface area contributed by atoms with Gasteiger partial charge in [0.2, 0.25) is 0 Å². The summed E-state index contributed by atoms with van der Waals surface area (Å²) >= 11 is 0. The van der Waals surface area contributed by atoms with Crippen LogP contribution in [0.2, 0.25) is 0 Å². The first-order chi connectivity index (χ1) is 3.61. The van der Waals surface area contributed by atoms with Crippen molar-refractivity contribution in [1.29, 1.82) is 0 Å². The second kappa shape index (κ2) is 1.64. The molecule has 0 aromatic carbocycles. The highest BCUT2D eigenvalue weighted by Gasteiger charge is 2.43. The summed E-state index contributed by atoms with van der Waals surface area (Å²) in [5.74, 6) is -0.238. The van der Waals surface area contributed by atoms with Gasteiger partial charge in [0.25, 0.3) is 0 Å². The Kier molecular flexibility index (Phi) is 1.21. The third-order valence-electron chi connectivity index (χ3n) is 1.36. The van der Waals surface area contributed by atoms with Crippen LogP contribution < -0.4 is 0 Å². The molecular weight excluding hydrogens is 117 g/mol. The van der Waals surface area contributed by atoms with Gasteiger partial charge in [-0.15, -0.1) is 0 Å². The lowest BCUT2D eigenvalue weighted by Crippen LogP contribution is -2.26. The standard InChI is InChI=1S/C5H6F3/c6-5(7,8)4-2-1-3-4/h1-3H2. The molecule has 0 bridgehead atoms. The fourth-order valence-corrected chi connectivity index (χ4v) is 0.637. The summed E-state index contributed by atoms with van der Waals surface area (Å²) in [6.45, 7) is 0. The number of alkyl halides is 3. The number of halogens is 3. The average molecular weight is 123 g/mol. The topological polar surface area (TPSA) is 0 Å². The van der Waals surface area contributed by atoms with E-state index in [0.717, 1.165) is 6.42 Å². The second-order valence-electron chi connectivity index (χ2n) is 1.95. The molecule has 0 heterocycles. The Morgan fingerprint density at radius 2 is 1.62 bits per heavy atom. The second-order valence-corrected chi connectivity index (χ2v) is 1.95. The summed E-state index contributed by atoms with van der Waals surface area (Å²) in [5, 5.41) is 0. The molecule has 0 aromatic rings. The van der Waals surface area contributed by atoms with Gasteiger partial charge in [0.15, 0.2) is 0 Å². The molecule has 8 heavy (non-hydrogen) atoms. The van der Waals surface area contributed by atoms with Crippen LogP contribution in [0.3, 0.4) is 0 Å². The van der Waals surface area contributed by atoms with Crippen molar-refractivity contribution in [2.24, 2.45) is 0 Å². The Morgan fingerprint density at radius 3 is 1.62 bits per heavy atom. The summed E-state index contributed by atoms with van der Waals surface area (Å²) in [7, 11) is 0. The van der Waals surface area contributed by atoms with Crippen LogP contribution in [0.4, 0.5) is 13.2 Å². The van der Waals surface area contributed by atoms with Crippen LogP contribution in [0.5, 0.6) is 0 Å². The lowest BCUT2D eigenvalue weighted by Gasteiger charge is -2.26. The molecule has 0 atom stereocenters. The number of hydrogen-bond donors (Lipinski definition) is 0. The van der Waals surface area contributed by atoms with E-state index in [0.29, 0.717) is 0 Å². The van der Waals surface area contributed by atoms with Gasteiger partial charge in [-0.3, -0.25) is 0 Å². The van der Waals surface area contributed by atoms with Crippen molar-refractivity contribution in [2.75, 3.05) is 0 Å². The lowest BCUT2D eigenvalue weighted by molar-refractivity contribution is -0.127. The van der Waals surface area contributed by atoms with Crippen LogP contribution >= 0.6 is 0 Å². The molecule has 0 N–H and O–H groups in total. The third-order valence-corrected chi connectivity index (χ3v) is 1.36. The molecule has 1 saturated carbocycles. The first-order valence-corrected chi connectivity index (χ1v) is 2.52. The Bertz CT molecular complexity index is 80.2. The van der Waals surface area contributed by atoms with Crippen molar-refractivity contribution in [2.45, 2.75) is 25.4 Å². The van der Waals surface area contributed by atoms with Crippen molar-refractivity contribution < 1.29 is 13.2 Å². The molecule has 0 saturated heterocycles. The van der Waals surface area contributed by atoms with Crippen molar-refractivity contribution in [3.63, 3.8) is 0 Å². The molecule has 3 heteroatoms. The van der Waals surface area contributed by atoms with E-state index in [1.165, 1.54) is 0 Å². The van der Waals surface area contributed by atoms with Crippen LogP contribution in [-0.2, 0) is 0 Å². The monoisotopic (exact) mass is 123 g/mol. The Labute approximate surface area is 45.7 Å². The maximum Gasteiger partial charge on any atom is 0.395 e. The predicted molar refractivity (Wildman–Crippen MR) is 23.1 cm³/mol. The third kappa shape index (κ3) is 0.956. The molecule has 0 amide bonds. The van der Waals surface area contributed by atoms with Crippen LogP contribution in [0.15, 0.2) is 0 Å². The van der Waals surface area contributed by atoms with Gasteiger partial charge < -0.3 is 0 Å². The highest BCUT2D eigenvalue weighted by molar-refractivity contribution is 5.04. The van der Waals surface area contributed by atoms with Crippen LogP contribution in [-0.4, -0.2) is 6.18 Å². The van der Waals surface area contributed by atoms with Gasteiger partial charge in [0, 0.05) is 0 Å². The summed E-state index contributed by atoms with van der Waals surface area (Å²) in [5.41, 5.74) is 0. The Hall–Kier alpha value is -0.210. The van der Waals surface area contributed by atoms with Gasteiger partial charge in [-0.25, -0.2) is 0 Å². The molecule has 0 spiro atoms. The fourth-order valence-electron chi connectivity index (χ4n) is 0.637. The summed E-state index contributed by atoms with van der Waals surface area (Å²) < 4.78 is 34.4. The highest BCUT2D eigenvalue weighted by atomic mass is 19.4. The van der Waals surface area contributed by atoms with Gasteiger partial charge in [0.1, 0.15) is 0 Å². The van der Waals surface area contributed by atoms with Gasteiger partial charge in [-0.1, -0.05) is 6.42 Å². The van der Waals surface area contributed by atoms with Crippen LogP contribution in [0.1, 0.15) is 19.3 Å². The molecule has 0 aromatic heterocycles. The average Bonchev–Trinajstić information content (AvgIpc) is 1.16. The van der Waals surface area contributed by atoms with E-state index in [-0.39, 0.29) is 18.8 Å². The van der Waals surface area contributed by atoms with Gasteiger partial charge in [0.05, 0.1) is 5.92 Å². The minimum Gasteiger partial charge on any atom is -0.170 e. The summed E-state index contributed by atoms with van der Waals surface area (Å²) in [6, 6.07) is 0.